The normalized spacial score (nSPS) is 11.6. The van der Waals surface area contributed by atoms with Gasteiger partial charge in [-0.25, -0.2) is 0 Å². The summed E-state index contributed by atoms with van der Waals surface area (Å²) in [6.07, 6.45) is 0.773. The average molecular weight is 437 g/mol. The number of rotatable bonds is 9. The van der Waals surface area contributed by atoms with E-state index in [2.05, 4.69) is 5.32 Å². The molecular formula is C22H26Cl2N2O3. The van der Waals surface area contributed by atoms with Crippen LogP contribution in [0.3, 0.4) is 0 Å². The molecule has 0 fully saturated rings. The van der Waals surface area contributed by atoms with Gasteiger partial charge < -0.3 is 15.0 Å². The van der Waals surface area contributed by atoms with Gasteiger partial charge >= 0.3 is 0 Å². The molecular weight excluding hydrogens is 411 g/mol. The minimum atomic E-state index is -0.655. The molecule has 0 bridgehead atoms. The minimum absolute atomic E-state index is 0.157. The van der Waals surface area contributed by atoms with E-state index in [0.29, 0.717) is 28.6 Å². The van der Waals surface area contributed by atoms with E-state index < -0.39 is 6.04 Å². The lowest BCUT2D eigenvalue weighted by Gasteiger charge is -2.29. The summed E-state index contributed by atoms with van der Waals surface area (Å²) in [7, 11) is 1.54. The molecule has 2 aromatic rings. The molecule has 1 atom stereocenters. The van der Waals surface area contributed by atoms with Gasteiger partial charge in [-0.1, -0.05) is 47.0 Å². The lowest BCUT2D eigenvalue weighted by atomic mass is 10.1. The molecule has 0 heterocycles. The van der Waals surface area contributed by atoms with Crippen LogP contribution in [0, 0.1) is 6.92 Å². The van der Waals surface area contributed by atoms with Crippen molar-refractivity contribution in [1.29, 1.82) is 0 Å². The molecule has 0 radical (unpaired) electrons. The van der Waals surface area contributed by atoms with Gasteiger partial charge in [-0.3, -0.25) is 9.59 Å². The predicted molar refractivity (Wildman–Crippen MR) is 116 cm³/mol. The van der Waals surface area contributed by atoms with Gasteiger partial charge in [0.1, 0.15) is 11.8 Å². The Hall–Kier alpha value is -2.24. The fourth-order valence-electron chi connectivity index (χ4n) is 2.84. The number of carbonyl (C=O) groups is 2. The van der Waals surface area contributed by atoms with Crippen molar-refractivity contribution in [3.63, 3.8) is 0 Å². The second-order valence-electron chi connectivity index (χ2n) is 6.78. The Morgan fingerprint density at radius 1 is 1.10 bits per heavy atom. The Bertz CT molecular complexity index is 820. The van der Waals surface area contributed by atoms with Crippen molar-refractivity contribution in [1.82, 2.24) is 10.2 Å². The first-order valence-electron chi connectivity index (χ1n) is 9.47. The summed E-state index contributed by atoms with van der Waals surface area (Å²) in [5, 5.41) is 3.51. The molecule has 0 spiro atoms. The molecule has 5 nitrogen and oxygen atoms in total. The Labute approximate surface area is 181 Å². The topological polar surface area (TPSA) is 58.6 Å². The van der Waals surface area contributed by atoms with Crippen molar-refractivity contribution in [3.8, 4) is 5.75 Å². The first kappa shape index (κ1) is 23.0. The third-order valence-electron chi connectivity index (χ3n) is 4.63. The van der Waals surface area contributed by atoms with Crippen LogP contribution in [0.15, 0.2) is 42.5 Å². The maximum Gasteiger partial charge on any atom is 0.242 e. The molecule has 0 aliphatic heterocycles. The molecule has 0 saturated heterocycles. The first-order valence-corrected chi connectivity index (χ1v) is 10.2. The molecule has 7 heteroatoms. The van der Waals surface area contributed by atoms with Crippen LogP contribution in [-0.2, 0) is 16.1 Å². The monoisotopic (exact) mass is 436 g/mol. The summed E-state index contributed by atoms with van der Waals surface area (Å²) in [5.41, 5.74) is 1.78. The molecule has 0 unspecified atom stereocenters. The highest BCUT2D eigenvalue weighted by atomic mass is 35.5. The van der Waals surface area contributed by atoms with Gasteiger partial charge in [0.15, 0.2) is 0 Å². The number of nitrogens with zero attached hydrogens (tertiary/aromatic N) is 1. The molecule has 2 rings (SSSR count). The van der Waals surface area contributed by atoms with E-state index in [-0.39, 0.29) is 24.8 Å². The number of carbonyl (C=O) groups excluding carboxylic acids is 2. The minimum Gasteiger partial charge on any atom is -0.494 e. The van der Waals surface area contributed by atoms with Gasteiger partial charge in [0.25, 0.3) is 0 Å². The third-order valence-corrected chi connectivity index (χ3v) is 5.34. The van der Waals surface area contributed by atoms with Crippen LogP contribution in [0.2, 0.25) is 10.0 Å². The number of halogens is 2. The van der Waals surface area contributed by atoms with Crippen LogP contribution in [0.4, 0.5) is 0 Å². The van der Waals surface area contributed by atoms with E-state index in [0.717, 1.165) is 11.3 Å². The molecule has 0 saturated carbocycles. The highest BCUT2D eigenvalue weighted by Crippen LogP contribution is 2.27. The third kappa shape index (κ3) is 6.65. The lowest BCUT2D eigenvalue weighted by Crippen LogP contribution is -2.46. The number of nitrogens with one attached hydrogen (secondary N) is 1. The zero-order valence-corrected chi connectivity index (χ0v) is 18.4. The number of hydrogen-bond donors (Lipinski definition) is 1. The second-order valence-corrected chi connectivity index (χ2v) is 7.59. The number of amides is 2. The molecule has 0 aliphatic carbocycles. The zero-order valence-electron chi connectivity index (χ0n) is 16.9. The van der Waals surface area contributed by atoms with Gasteiger partial charge in [0.2, 0.25) is 11.8 Å². The van der Waals surface area contributed by atoms with Crippen LogP contribution in [0.25, 0.3) is 0 Å². The molecule has 2 amide bonds. The molecule has 2 aromatic carbocycles. The van der Waals surface area contributed by atoms with E-state index in [1.54, 1.807) is 32.2 Å². The Morgan fingerprint density at radius 3 is 2.31 bits per heavy atom. The van der Waals surface area contributed by atoms with Crippen molar-refractivity contribution in [3.05, 3.63) is 63.6 Å². The molecule has 1 N–H and O–H groups in total. The Morgan fingerprint density at radius 2 is 1.72 bits per heavy atom. The molecule has 0 aromatic heterocycles. The van der Waals surface area contributed by atoms with Crippen molar-refractivity contribution < 1.29 is 14.3 Å². The maximum absolute atomic E-state index is 12.9. The summed E-state index contributed by atoms with van der Waals surface area (Å²) < 4.78 is 5.68. The van der Waals surface area contributed by atoms with Crippen LogP contribution in [0.1, 0.15) is 30.9 Å². The molecule has 156 valence electrons. The lowest BCUT2D eigenvalue weighted by molar-refractivity contribution is -0.140. The van der Waals surface area contributed by atoms with Crippen molar-refractivity contribution in [2.24, 2.45) is 0 Å². The van der Waals surface area contributed by atoms with Crippen LogP contribution >= 0.6 is 23.2 Å². The second kappa shape index (κ2) is 11.1. The predicted octanol–water partition coefficient (Wildman–Crippen LogP) is 4.62. The van der Waals surface area contributed by atoms with Crippen LogP contribution in [-0.4, -0.2) is 36.4 Å². The molecule has 0 aliphatic rings. The summed E-state index contributed by atoms with van der Waals surface area (Å²) in [6.45, 7) is 4.26. The fourth-order valence-corrected chi connectivity index (χ4v) is 3.35. The van der Waals surface area contributed by atoms with Crippen molar-refractivity contribution in [2.45, 2.75) is 39.3 Å². The zero-order chi connectivity index (χ0) is 21.4. The number of hydrogen-bond acceptors (Lipinski definition) is 3. The first-order chi connectivity index (χ1) is 13.8. The number of likely N-dealkylation sites (N-methyl/N-ethyl adjacent to an activating group) is 1. The summed E-state index contributed by atoms with van der Waals surface area (Å²) >= 11 is 12.5. The van der Waals surface area contributed by atoms with E-state index in [1.807, 2.05) is 31.2 Å². The van der Waals surface area contributed by atoms with E-state index >= 15 is 0 Å². The number of benzene rings is 2. The average Bonchev–Trinajstić information content (AvgIpc) is 2.71. The van der Waals surface area contributed by atoms with E-state index in [4.69, 9.17) is 27.9 Å². The number of aryl methyl sites for hydroxylation is 1. The highest BCUT2D eigenvalue weighted by Gasteiger charge is 2.26. The SMILES string of the molecule is CNC(=O)[C@@H](C)N(Cc1c(Cl)cccc1Cl)C(=O)CCCOc1ccc(C)cc1. The van der Waals surface area contributed by atoms with E-state index in [9.17, 15) is 9.59 Å². The highest BCUT2D eigenvalue weighted by molar-refractivity contribution is 6.36. The molecule has 29 heavy (non-hydrogen) atoms. The van der Waals surface area contributed by atoms with Gasteiger partial charge in [-0.15, -0.1) is 0 Å². The van der Waals surface area contributed by atoms with Crippen molar-refractivity contribution >= 4 is 35.0 Å². The fraction of sp³-hybridized carbons (Fsp3) is 0.364. The van der Waals surface area contributed by atoms with Crippen molar-refractivity contribution in [2.75, 3.05) is 13.7 Å². The standard InChI is InChI=1S/C22H26Cl2N2O3/c1-15-9-11-17(12-10-15)29-13-5-8-21(27)26(16(2)22(28)25-3)14-18-19(23)6-4-7-20(18)24/h4,6-7,9-12,16H,5,8,13-14H2,1-3H3,(H,25,28)/t16-/m1/s1. The van der Waals surface area contributed by atoms with Gasteiger partial charge in [0, 0.05) is 35.6 Å². The van der Waals surface area contributed by atoms with E-state index in [1.165, 1.54) is 4.90 Å². The quantitative estimate of drug-likeness (QED) is 0.583. The largest absolute Gasteiger partial charge is 0.494 e. The Kier molecular flexibility index (Phi) is 8.80. The van der Waals surface area contributed by atoms with Crippen LogP contribution in [0.5, 0.6) is 5.75 Å². The summed E-state index contributed by atoms with van der Waals surface area (Å²) in [6, 6.07) is 12.3. The number of ether oxygens (including phenoxy) is 1. The van der Waals surface area contributed by atoms with Gasteiger partial charge in [-0.2, -0.15) is 0 Å². The summed E-state index contributed by atoms with van der Waals surface area (Å²) in [5.74, 6) is 0.350. The summed E-state index contributed by atoms with van der Waals surface area (Å²) in [4.78, 5) is 26.6. The van der Waals surface area contributed by atoms with Gasteiger partial charge in [0.05, 0.1) is 6.61 Å². The Balaban J connectivity index is 2.02. The van der Waals surface area contributed by atoms with Crippen LogP contribution < -0.4 is 10.1 Å². The van der Waals surface area contributed by atoms with Gasteiger partial charge in [-0.05, 0) is 44.5 Å². The maximum atomic E-state index is 12.9. The smallest absolute Gasteiger partial charge is 0.242 e.